The number of hydrogen-bond donors (Lipinski definition) is 3. The summed E-state index contributed by atoms with van der Waals surface area (Å²) in [7, 11) is -3.71. The van der Waals surface area contributed by atoms with Crippen molar-refractivity contribution in [3.8, 4) is 17.2 Å². The van der Waals surface area contributed by atoms with E-state index in [0.29, 0.717) is 13.1 Å². The van der Waals surface area contributed by atoms with Gasteiger partial charge in [-0.15, -0.1) is 0 Å². The fourth-order valence-corrected chi connectivity index (χ4v) is 8.49. The van der Waals surface area contributed by atoms with Crippen LogP contribution >= 0.6 is 0 Å². The largest absolute Gasteiger partial charge is 0.507 e. The van der Waals surface area contributed by atoms with Crippen molar-refractivity contribution in [1.82, 2.24) is 14.2 Å². The van der Waals surface area contributed by atoms with Crippen LogP contribution in [0.5, 0.6) is 17.2 Å². The SMILES string of the molecule is CC(=O)c1c(O)c(C)c(O)c2c1OC1=CC(=O)C(=C(C)NCCS(=O)(=O)N3CC4CC(C3)c3cccc(=O)n3C4)C(=O)C12C. The lowest BCUT2D eigenvalue weighted by Gasteiger charge is -2.42. The fraction of sp³-hybridized carbons (Fsp3) is 0.419. The summed E-state index contributed by atoms with van der Waals surface area (Å²) in [5.74, 6) is -3.41. The number of aromatic hydroxyl groups is 2. The highest BCUT2D eigenvalue weighted by atomic mass is 32.2. The smallest absolute Gasteiger partial charge is 0.250 e. The summed E-state index contributed by atoms with van der Waals surface area (Å²) in [6, 6.07) is 5.07. The number of pyridine rings is 1. The van der Waals surface area contributed by atoms with Gasteiger partial charge in [-0.05, 0) is 46.1 Å². The Kier molecular flexibility index (Phi) is 6.89. The number of aromatic nitrogens is 1. The van der Waals surface area contributed by atoms with E-state index < -0.39 is 44.3 Å². The Morgan fingerprint density at radius 3 is 2.55 bits per heavy atom. The van der Waals surface area contributed by atoms with Gasteiger partial charge in [0.15, 0.2) is 17.3 Å². The molecule has 6 rings (SSSR count). The molecular formula is C31H33N3O9S. The van der Waals surface area contributed by atoms with Crippen LogP contribution in [0.3, 0.4) is 0 Å². The molecule has 3 aliphatic heterocycles. The first-order valence-electron chi connectivity index (χ1n) is 14.4. The summed E-state index contributed by atoms with van der Waals surface area (Å²) in [5, 5.41) is 24.4. The van der Waals surface area contributed by atoms with Crippen molar-refractivity contribution in [3.05, 3.63) is 74.0 Å². The lowest BCUT2D eigenvalue weighted by Crippen LogP contribution is -2.50. The van der Waals surface area contributed by atoms with Gasteiger partial charge in [-0.25, -0.2) is 12.7 Å². The number of carbonyl (C=O) groups excluding carboxylic acids is 3. The van der Waals surface area contributed by atoms with Gasteiger partial charge < -0.3 is 24.8 Å². The summed E-state index contributed by atoms with van der Waals surface area (Å²) >= 11 is 0. The number of phenols is 2. The molecule has 1 aliphatic carbocycles. The van der Waals surface area contributed by atoms with Crippen LogP contribution in [-0.4, -0.2) is 70.2 Å². The van der Waals surface area contributed by atoms with Crippen molar-refractivity contribution in [2.75, 3.05) is 25.4 Å². The molecular weight excluding hydrogens is 590 g/mol. The van der Waals surface area contributed by atoms with Crippen molar-refractivity contribution in [1.29, 1.82) is 0 Å². The number of Topliss-reactive ketones (excluding diaryl/α,β-unsaturated/α-hetero) is 2. The Bertz CT molecular complexity index is 1910. The highest BCUT2D eigenvalue weighted by Gasteiger charge is 2.56. The second kappa shape index (κ2) is 10.2. The first-order valence-corrected chi connectivity index (χ1v) is 16.0. The number of nitrogens with one attached hydrogen (secondary N) is 1. The number of allylic oxidation sites excluding steroid dienone is 4. The first kappa shape index (κ1) is 29.8. The number of rotatable bonds is 6. The van der Waals surface area contributed by atoms with Gasteiger partial charge in [0, 0.05) is 61.2 Å². The molecule has 3 N–H and O–H groups in total. The molecule has 4 aliphatic rings. The predicted octanol–water partition coefficient (Wildman–Crippen LogP) is 1.77. The molecule has 3 unspecified atom stereocenters. The Balaban J connectivity index is 1.23. The molecule has 1 saturated heterocycles. The average Bonchev–Trinajstić information content (AvgIpc) is 3.24. The molecule has 12 nitrogen and oxygen atoms in total. The van der Waals surface area contributed by atoms with E-state index in [1.807, 2.05) is 6.07 Å². The summed E-state index contributed by atoms with van der Waals surface area (Å²) < 4.78 is 35.7. The molecule has 1 fully saturated rings. The molecule has 0 spiro atoms. The number of ether oxygens (including phenoxy) is 1. The van der Waals surface area contributed by atoms with Crippen LogP contribution in [0.4, 0.5) is 0 Å². The summed E-state index contributed by atoms with van der Waals surface area (Å²) in [4.78, 5) is 51.8. The number of piperidine rings is 1. The Morgan fingerprint density at radius 1 is 1.11 bits per heavy atom. The molecule has 0 radical (unpaired) electrons. The molecule has 1 aromatic heterocycles. The zero-order valence-electron chi connectivity index (χ0n) is 24.8. The van der Waals surface area contributed by atoms with E-state index >= 15 is 0 Å². The van der Waals surface area contributed by atoms with Crippen LogP contribution in [0.15, 0.2) is 46.1 Å². The van der Waals surface area contributed by atoms with E-state index in [1.54, 1.807) is 10.6 Å². The number of nitrogens with zero attached hydrogens (tertiary/aromatic N) is 2. The number of sulfonamides is 1. The second-order valence-corrected chi connectivity index (χ2v) is 14.2. The number of fused-ring (bicyclic) bond motifs is 7. The van der Waals surface area contributed by atoms with Gasteiger partial charge in [0.05, 0.1) is 16.9 Å². The number of hydrogen-bond acceptors (Lipinski definition) is 10. The highest BCUT2D eigenvalue weighted by molar-refractivity contribution is 7.89. The monoisotopic (exact) mass is 623 g/mol. The van der Waals surface area contributed by atoms with Crippen LogP contribution in [0.25, 0.3) is 0 Å². The topological polar surface area (TPSA) is 172 Å². The predicted molar refractivity (Wildman–Crippen MR) is 158 cm³/mol. The standard InChI is InChI=1S/C31H33N3O9S/c1-15-27(38)25(17(3)35)29-26(28(15)39)31(4)22(43-29)11-21(36)24(30(31)40)16(2)32-8-9-44(41,42)33-12-18-10-19(14-33)20-6-5-7-23(37)34(20)13-18/h5-7,11,18-19,32,38-39H,8-10,12-14H2,1-4H3. The van der Waals surface area contributed by atoms with Crippen molar-refractivity contribution < 1.29 is 37.8 Å². The quantitative estimate of drug-likeness (QED) is 0.245. The van der Waals surface area contributed by atoms with Gasteiger partial charge in [-0.1, -0.05) is 6.07 Å². The van der Waals surface area contributed by atoms with Crippen LogP contribution in [-0.2, 0) is 31.6 Å². The van der Waals surface area contributed by atoms with Crippen LogP contribution in [0.1, 0.15) is 60.3 Å². The zero-order valence-corrected chi connectivity index (χ0v) is 25.6. The maximum absolute atomic E-state index is 14.0. The number of ketones is 3. The average molecular weight is 624 g/mol. The van der Waals surface area contributed by atoms with Crippen molar-refractivity contribution in [3.63, 3.8) is 0 Å². The maximum atomic E-state index is 14.0. The molecule has 44 heavy (non-hydrogen) atoms. The Labute approximate surface area is 253 Å². The van der Waals surface area contributed by atoms with Gasteiger partial charge in [-0.3, -0.25) is 19.2 Å². The maximum Gasteiger partial charge on any atom is 0.250 e. The van der Waals surface area contributed by atoms with Gasteiger partial charge in [0.25, 0.3) is 5.56 Å². The molecule has 2 aromatic rings. The van der Waals surface area contributed by atoms with Gasteiger partial charge >= 0.3 is 0 Å². The lowest BCUT2D eigenvalue weighted by molar-refractivity contribution is -0.123. The van der Waals surface area contributed by atoms with Gasteiger partial charge in [-0.2, -0.15) is 0 Å². The third-order valence-electron chi connectivity index (χ3n) is 9.35. The first-order chi connectivity index (χ1) is 20.7. The van der Waals surface area contributed by atoms with Gasteiger partial charge in [0.2, 0.25) is 10.0 Å². The Morgan fingerprint density at radius 2 is 1.84 bits per heavy atom. The van der Waals surface area contributed by atoms with Crippen molar-refractivity contribution >= 4 is 27.4 Å². The molecule has 0 amide bonds. The van der Waals surface area contributed by atoms with Crippen LogP contribution in [0, 0.1) is 12.8 Å². The number of phenolic OH excluding ortho intramolecular Hbond substituents is 2. The molecule has 1 aromatic carbocycles. The minimum absolute atomic E-state index is 0.00675. The van der Waals surface area contributed by atoms with Crippen LogP contribution in [0.2, 0.25) is 0 Å². The summed E-state index contributed by atoms with van der Waals surface area (Å²) in [6.45, 7) is 6.55. The minimum Gasteiger partial charge on any atom is -0.507 e. The third-order valence-corrected chi connectivity index (χ3v) is 11.2. The van der Waals surface area contributed by atoms with Gasteiger partial charge in [0.1, 0.15) is 34.0 Å². The number of carbonyl (C=O) groups is 3. The van der Waals surface area contributed by atoms with E-state index in [9.17, 15) is 37.8 Å². The molecule has 4 heterocycles. The molecule has 13 heteroatoms. The molecule has 3 atom stereocenters. The molecule has 232 valence electrons. The number of benzene rings is 1. The van der Waals surface area contributed by atoms with E-state index in [1.165, 1.54) is 38.1 Å². The molecule has 2 bridgehead atoms. The zero-order chi connectivity index (χ0) is 31.9. The van der Waals surface area contributed by atoms with E-state index in [0.717, 1.165) is 18.2 Å². The van der Waals surface area contributed by atoms with E-state index in [-0.39, 0.29) is 75.7 Å². The fourth-order valence-electron chi connectivity index (χ4n) is 7.03. The van der Waals surface area contributed by atoms with Crippen LogP contribution < -0.4 is 15.6 Å². The lowest BCUT2D eigenvalue weighted by atomic mass is 9.70. The summed E-state index contributed by atoms with van der Waals surface area (Å²) in [5.41, 5.74) is -1.20. The summed E-state index contributed by atoms with van der Waals surface area (Å²) in [6.07, 6.45) is 1.93. The van der Waals surface area contributed by atoms with Crippen molar-refractivity contribution in [2.45, 2.75) is 52.0 Å². The second-order valence-electron chi connectivity index (χ2n) is 12.1. The highest BCUT2D eigenvalue weighted by Crippen LogP contribution is 2.57. The van der Waals surface area contributed by atoms with E-state index in [4.69, 9.17) is 4.74 Å². The van der Waals surface area contributed by atoms with E-state index in [2.05, 4.69) is 5.32 Å². The minimum atomic E-state index is -3.71. The third kappa shape index (κ3) is 4.32. The normalized spacial score (nSPS) is 25.4. The van der Waals surface area contributed by atoms with Crippen molar-refractivity contribution in [2.24, 2.45) is 5.92 Å². The Hall–Kier alpha value is -4.23. The molecule has 0 saturated carbocycles.